The molecule has 3 N–H and O–H groups in total. The van der Waals surface area contributed by atoms with E-state index in [9.17, 15) is 14.9 Å². The molecule has 0 saturated heterocycles. The van der Waals surface area contributed by atoms with Crippen LogP contribution in [-0.2, 0) is 6.54 Å². The molecular formula is C26H25N7O3. The number of pyridine rings is 1. The number of rotatable bonds is 10. The Bertz CT molecular complexity index is 1340. The van der Waals surface area contributed by atoms with Gasteiger partial charge < -0.3 is 16.0 Å². The number of benzene rings is 2. The van der Waals surface area contributed by atoms with Crippen molar-refractivity contribution < 1.29 is 9.72 Å². The predicted octanol–water partition coefficient (Wildman–Crippen LogP) is 4.21. The van der Waals surface area contributed by atoms with Crippen LogP contribution in [0.1, 0.15) is 21.5 Å². The molecule has 0 spiro atoms. The lowest BCUT2D eigenvalue weighted by Gasteiger charge is -2.09. The van der Waals surface area contributed by atoms with Crippen LogP contribution in [0.2, 0.25) is 0 Å². The number of nitro groups is 1. The molecule has 4 rings (SSSR count). The molecule has 10 nitrogen and oxygen atoms in total. The smallest absolute Gasteiger partial charge is 0.287 e. The van der Waals surface area contributed by atoms with Gasteiger partial charge in [0.25, 0.3) is 11.6 Å². The summed E-state index contributed by atoms with van der Waals surface area (Å²) in [7, 11) is 0. The normalized spacial score (nSPS) is 10.5. The lowest BCUT2D eigenvalue weighted by molar-refractivity contribution is -0.385. The highest BCUT2D eigenvalue weighted by atomic mass is 16.6. The summed E-state index contributed by atoms with van der Waals surface area (Å²) in [5.74, 6) is 0.870. The van der Waals surface area contributed by atoms with Gasteiger partial charge in [-0.25, -0.2) is 15.0 Å². The zero-order valence-corrected chi connectivity index (χ0v) is 19.6. The summed E-state index contributed by atoms with van der Waals surface area (Å²) in [5, 5.41) is 19.9. The van der Waals surface area contributed by atoms with Crippen LogP contribution in [0.3, 0.4) is 0 Å². The van der Waals surface area contributed by atoms with Crippen molar-refractivity contribution in [3.05, 3.63) is 106 Å². The fourth-order valence-corrected chi connectivity index (χ4v) is 3.47. The molecule has 0 aliphatic heterocycles. The molecule has 36 heavy (non-hydrogen) atoms. The van der Waals surface area contributed by atoms with Crippen LogP contribution in [-0.4, -0.2) is 38.9 Å². The van der Waals surface area contributed by atoms with Gasteiger partial charge in [-0.15, -0.1) is 0 Å². The predicted molar refractivity (Wildman–Crippen MR) is 138 cm³/mol. The van der Waals surface area contributed by atoms with Gasteiger partial charge in [0, 0.05) is 43.0 Å². The largest absolute Gasteiger partial charge is 0.368 e. The number of hydrogen-bond acceptors (Lipinski definition) is 8. The van der Waals surface area contributed by atoms with Gasteiger partial charge in [-0.2, -0.15) is 0 Å². The van der Waals surface area contributed by atoms with Crippen LogP contribution < -0.4 is 16.0 Å². The summed E-state index contributed by atoms with van der Waals surface area (Å²) in [4.78, 5) is 35.5. The quantitative estimate of drug-likeness (QED) is 0.173. The van der Waals surface area contributed by atoms with Crippen LogP contribution in [0, 0.1) is 17.0 Å². The minimum absolute atomic E-state index is 0.0557. The number of carbonyl (C=O) groups is 1. The summed E-state index contributed by atoms with van der Waals surface area (Å²) in [6.45, 7) is 3.53. The van der Waals surface area contributed by atoms with Crippen molar-refractivity contribution in [2.75, 3.05) is 23.7 Å². The van der Waals surface area contributed by atoms with E-state index < -0.39 is 4.92 Å². The summed E-state index contributed by atoms with van der Waals surface area (Å²) < 4.78 is 0. The van der Waals surface area contributed by atoms with Crippen LogP contribution in [0.5, 0.6) is 0 Å². The van der Waals surface area contributed by atoms with E-state index in [0.29, 0.717) is 37.0 Å². The first kappa shape index (κ1) is 24.3. The molecule has 0 radical (unpaired) electrons. The zero-order chi connectivity index (χ0) is 25.3. The maximum Gasteiger partial charge on any atom is 0.287 e. The van der Waals surface area contributed by atoms with E-state index >= 15 is 0 Å². The lowest BCUT2D eigenvalue weighted by Crippen LogP contribution is -2.22. The third kappa shape index (κ3) is 6.60. The zero-order valence-electron chi connectivity index (χ0n) is 19.6. The van der Waals surface area contributed by atoms with Gasteiger partial charge >= 0.3 is 0 Å². The number of nitrogens with one attached hydrogen (secondary N) is 3. The van der Waals surface area contributed by atoms with Crippen molar-refractivity contribution in [1.82, 2.24) is 20.3 Å². The van der Waals surface area contributed by atoms with Gasteiger partial charge in [-0.1, -0.05) is 42.0 Å². The summed E-state index contributed by atoms with van der Waals surface area (Å²) in [6, 6.07) is 20.1. The topological polar surface area (TPSA) is 135 Å². The van der Waals surface area contributed by atoms with Crippen molar-refractivity contribution in [2.45, 2.75) is 13.5 Å². The first-order valence-corrected chi connectivity index (χ1v) is 11.3. The number of amides is 1. The second kappa shape index (κ2) is 11.5. The van der Waals surface area contributed by atoms with Crippen molar-refractivity contribution in [3.63, 3.8) is 0 Å². The number of hydrogen-bond donors (Lipinski definition) is 3. The molecule has 0 atom stereocenters. The number of anilines is 2. The Morgan fingerprint density at radius 1 is 0.972 bits per heavy atom. The molecule has 182 valence electrons. The van der Waals surface area contributed by atoms with E-state index in [1.807, 2.05) is 43.3 Å². The van der Waals surface area contributed by atoms with Gasteiger partial charge in [0.1, 0.15) is 12.0 Å². The molecule has 2 aromatic carbocycles. The first-order chi connectivity index (χ1) is 17.5. The average Bonchev–Trinajstić information content (AvgIpc) is 2.90. The third-order valence-corrected chi connectivity index (χ3v) is 5.31. The van der Waals surface area contributed by atoms with E-state index in [0.717, 1.165) is 22.4 Å². The fourth-order valence-electron chi connectivity index (χ4n) is 3.47. The van der Waals surface area contributed by atoms with Crippen molar-refractivity contribution in [3.8, 4) is 11.3 Å². The summed E-state index contributed by atoms with van der Waals surface area (Å²) in [5.41, 5.74) is 4.32. The Kier molecular flexibility index (Phi) is 7.76. The second-order valence-electron chi connectivity index (χ2n) is 8.03. The van der Waals surface area contributed by atoms with E-state index in [-0.39, 0.29) is 11.6 Å². The van der Waals surface area contributed by atoms with Crippen molar-refractivity contribution >= 4 is 23.4 Å². The molecule has 0 saturated carbocycles. The van der Waals surface area contributed by atoms with Gasteiger partial charge in [-0.05, 0) is 36.8 Å². The van der Waals surface area contributed by atoms with Crippen molar-refractivity contribution in [2.24, 2.45) is 0 Å². The third-order valence-electron chi connectivity index (χ3n) is 5.31. The number of nitrogens with zero attached hydrogens (tertiary/aromatic N) is 4. The minimum atomic E-state index is -0.488. The van der Waals surface area contributed by atoms with E-state index in [1.165, 1.54) is 12.3 Å². The lowest BCUT2D eigenvalue weighted by atomic mass is 10.1. The monoisotopic (exact) mass is 483 g/mol. The average molecular weight is 484 g/mol. The molecule has 0 aliphatic rings. The van der Waals surface area contributed by atoms with Gasteiger partial charge in [0.15, 0.2) is 0 Å². The Morgan fingerprint density at radius 3 is 2.50 bits per heavy atom. The van der Waals surface area contributed by atoms with E-state index in [2.05, 4.69) is 30.9 Å². The second-order valence-corrected chi connectivity index (χ2v) is 8.03. The van der Waals surface area contributed by atoms with Gasteiger partial charge in [-0.3, -0.25) is 14.9 Å². The standard InChI is InChI=1S/C26H25N7O3/c1-18-3-2-4-19(15-18)16-31-25(34)21-7-5-20(6-8-21)23-11-12-28-26(32-23)29-14-13-27-24-10-9-22(17-30-24)33(35)36/h2-12,15,17H,13-14,16H2,1H3,(H,27,30)(H,31,34)(H,28,29,32). The highest BCUT2D eigenvalue weighted by molar-refractivity contribution is 5.94. The molecule has 0 unspecified atom stereocenters. The maximum atomic E-state index is 12.5. The molecule has 10 heteroatoms. The van der Waals surface area contributed by atoms with E-state index in [1.54, 1.807) is 30.5 Å². The summed E-state index contributed by atoms with van der Waals surface area (Å²) in [6.07, 6.45) is 2.87. The van der Waals surface area contributed by atoms with Crippen LogP contribution in [0.15, 0.2) is 79.1 Å². The van der Waals surface area contributed by atoms with Gasteiger partial charge in [0.05, 0.1) is 10.6 Å². The molecule has 2 aromatic heterocycles. The molecule has 2 heterocycles. The van der Waals surface area contributed by atoms with Crippen molar-refractivity contribution in [1.29, 1.82) is 0 Å². The molecule has 1 amide bonds. The highest BCUT2D eigenvalue weighted by Crippen LogP contribution is 2.18. The Balaban J connectivity index is 1.28. The van der Waals surface area contributed by atoms with Crippen LogP contribution >= 0.6 is 0 Å². The molecule has 4 aromatic rings. The number of carbonyl (C=O) groups excluding carboxylic acids is 1. The highest BCUT2D eigenvalue weighted by Gasteiger charge is 2.08. The number of aryl methyl sites for hydroxylation is 1. The molecule has 0 aliphatic carbocycles. The van der Waals surface area contributed by atoms with Crippen LogP contribution in [0.4, 0.5) is 17.5 Å². The Hall–Kier alpha value is -4.86. The maximum absolute atomic E-state index is 12.5. The van der Waals surface area contributed by atoms with E-state index in [4.69, 9.17) is 0 Å². The Labute approximate surface area is 208 Å². The first-order valence-electron chi connectivity index (χ1n) is 11.3. The fraction of sp³-hybridized carbons (Fsp3) is 0.154. The Morgan fingerprint density at radius 2 is 1.78 bits per heavy atom. The van der Waals surface area contributed by atoms with Gasteiger partial charge in [0.2, 0.25) is 5.95 Å². The summed E-state index contributed by atoms with van der Waals surface area (Å²) >= 11 is 0. The SMILES string of the molecule is Cc1cccc(CNC(=O)c2ccc(-c3ccnc(NCCNc4ccc([N+](=O)[O-])cn4)n3)cc2)c1. The number of aromatic nitrogens is 3. The molecule has 0 fully saturated rings. The van der Waals surface area contributed by atoms with Crippen LogP contribution in [0.25, 0.3) is 11.3 Å². The molecular weight excluding hydrogens is 458 g/mol. The molecule has 0 bridgehead atoms. The minimum Gasteiger partial charge on any atom is -0.368 e.